The lowest BCUT2D eigenvalue weighted by Gasteiger charge is -2.25. The third-order valence-corrected chi connectivity index (χ3v) is 3.64. The normalized spacial score (nSPS) is 19.1. The molecular weight excluding hydrogens is 240 g/mol. The molecule has 1 aromatic carbocycles. The van der Waals surface area contributed by atoms with E-state index in [0.717, 1.165) is 36.2 Å². The molecule has 1 fully saturated rings. The minimum atomic E-state index is 0.337. The summed E-state index contributed by atoms with van der Waals surface area (Å²) < 4.78 is 5.40. The van der Waals surface area contributed by atoms with Gasteiger partial charge in [-0.25, -0.2) is 9.97 Å². The van der Waals surface area contributed by atoms with Gasteiger partial charge in [0.2, 0.25) is 0 Å². The molecule has 1 atom stereocenters. The van der Waals surface area contributed by atoms with Crippen LogP contribution in [0.3, 0.4) is 0 Å². The third-order valence-electron chi connectivity index (χ3n) is 3.64. The molecule has 1 saturated heterocycles. The SMILES string of the molecule is COc1nc2ccccc2nc1N1CCC[C@H]1CN. The molecule has 100 valence electrons. The third kappa shape index (κ3) is 2.10. The number of para-hydroxylation sites is 2. The van der Waals surface area contributed by atoms with Crippen molar-refractivity contribution in [2.75, 3.05) is 25.1 Å². The minimum Gasteiger partial charge on any atom is -0.478 e. The second-order valence-corrected chi connectivity index (χ2v) is 4.77. The second kappa shape index (κ2) is 5.01. The van der Waals surface area contributed by atoms with Gasteiger partial charge in [0.1, 0.15) is 0 Å². The van der Waals surface area contributed by atoms with Crippen molar-refractivity contribution in [3.8, 4) is 5.88 Å². The largest absolute Gasteiger partial charge is 0.478 e. The molecule has 2 aromatic rings. The highest BCUT2D eigenvalue weighted by molar-refractivity contribution is 5.77. The fraction of sp³-hybridized carbons (Fsp3) is 0.429. The summed E-state index contributed by atoms with van der Waals surface area (Å²) in [6.07, 6.45) is 2.24. The van der Waals surface area contributed by atoms with Gasteiger partial charge in [-0.2, -0.15) is 0 Å². The molecule has 3 rings (SSSR count). The maximum atomic E-state index is 5.84. The Morgan fingerprint density at radius 3 is 2.74 bits per heavy atom. The van der Waals surface area contributed by atoms with E-state index in [0.29, 0.717) is 18.5 Å². The first-order valence-corrected chi connectivity index (χ1v) is 6.61. The van der Waals surface area contributed by atoms with E-state index in [9.17, 15) is 0 Å². The summed E-state index contributed by atoms with van der Waals surface area (Å²) in [6.45, 7) is 1.60. The van der Waals surface area contributed by atoms with E-state index in [1.807, 2.05) is 24.3 Å². The highest BCUT2D eigenvalue weighted by Crippen LogP contribution is 2.31. The van der Waals surface area contributed by atoms with Crippen molar-refractivity contribution in [3.63, 3.8) is 0 Å². The molecule has 1 aromatic heterocycles. The van der Waals surface area contributed by atoms with Crippen molar-refractivity contribution in [1.82, 2.24) is 9.97 Å². The molecule has 19 heavy (non-hydrogen) atoms. The van der Waals surface area contributed by atoms with Gasteiger partial charge >= 0.3 is 0 Å². The molecule has 1 aliphatic heterocycles. The van der Waals surface area contributed by atoms with Gasteiger partial charge in [-0.05, 0) is 25.0 Å². The van der Waals surface area contributed by atoms with Gasteiger partial charge in [0.25, 0.3) is 5.88 Å². The first kappa shape index (κ1) is 12.2. The molecule has 0 aliphatic carbocycles. The average molecular weight is 258 g/mol. The van der Waals surface area contributed by atoms with Crippen molar-refractivity contribution >= 4 is 16.9 Å². The maximum Gasteiger partial charge on any atom is 0.257 e. The summed E-state index contributed by atoms with van der Waals surface area (Å²) in [6, 6.07) is 8.17. The zero-order valence-corrected chi connectivity index (χ0v) is 11.0. The molecule has 0 radical (unpaired) electrons. The summed E-state index contributed by atoms with van der Waals surface area (Å²) >= 11 is 0. The Morgan fingerprint density at radius 1 is 1.32 bits per heavy atom. The van der Waals surface area contributed by atoms with Gasteiger partial charge in [0.15, 0.2) is 5.82 Å². The molecule has 0 bridgehead atoms. The molecule has 0 saturated carbocycles. The zero-order chi connectivity index (χ0) is 13.2. The quantitative estimate of drug-likeness (QED) is 0.905. The Labute approximate surface area is 112 Å². The van der Waals surface area contributed by atoms with Gasteiger partial charge in [-0.1, -0.05) is 12.1 Å². The number of fused-ring (bicyclic) bond motifs is 1. The number of nitrogens with two attached hydrogens (primary N) is 1. The Kier molecular flexibility index (Phi) is 3.21. The molecule has 5 nitrogen and oxygen atoms in total. The van der Waals surface area contributed by atoms with Crippen LogP contribution in [0.1, 0.15) is 12.8 Å². The van der Waals surface area contributed by atoms with Gasteiger partial charge < -0.3 is 15.4 Å². The molecule has 0 amide bonds. The van der Waals surface area contributed by atoms with E-state index in [4.69, 9.17) is 15.5 Å². The Balaban J connectivity index is 2.10. The number of benzene rings is 1. The van der Waals surface area contributed by atoms with Gasteiger partial charge in [-0.3, -0.25) is 0 Å². The number of rotatable bonds is 3. The van der Waals surface area contributed by atoms with E-state index in [1.165, 1.54) is 0 Å². The van der Waals surface area contributed by atoms with Crippen molar-refractivity contribution in [2.45, 2.75) is 18.9 Å². The van der Waals surface area contributed by atoms with Crippen LogP contribution in [0.4, 0.5) is 5.82 Å². The standard InChI is InChI=1S/C14H18N4O/c1-19-14-13(18-8-4-5-10(18)9-15)16-11-6-2-3-7-12(11)17-14/h2-3,6-7,10H,4-5,8-9,15H2,1H3/t10-/m0/s1. The van der Waals surface area contributed by atoms with E-state index in [1.54, 1.807) is 7.11 Å². The van der Waals surface area contributed by atoms with Crippen LogP contribution in [-0.2, 0) is 0 Å². The predicted octanol–water partition coefficient (Wildman–Crippen LogP) is 1.57. The van der Waals surface area contributed by atoms with Crippen LogP contribution < -0.4 is 15.4 Å². The molecule has 1 aliphatic rings. The Bertz CT molecular complexity index is 587. The van der Waals surface area contributed by atoms with Crippen LogP contribution >= 0.6 is 0 Å². The Hall–Kier alpha value is -1.88. The van der Waals surface area contributed by atoms with Gasteiger partial charge in [0, 0.05) is 19.1 Å². The second-order valence-electron chi connectivity index (χ2n) is 4.77. The van der Waals surface area contributed by atoms with E-state index < -0.39 is 0 Å². The number of methoxy groups -OCH3 is 1. The molecule has 0 unspecified atom stereocenters. The van der Waals surface area contributed by atoms with Crippen molar-refractivity contribution in [3.05, 3.63) is 24.3 Å². The van der Waals surface area contributed by atoms with Crippen LogP contribution in [0.2, 0.25) is 0 Å². The first-order valence-electron chi connectivity index (χ1n) is 6.61. The molecule has 0 spiro atoms. The highest BCUT2D eigenvalue weighted by atomic mass is 16.5. The van der Waals surface area contributed by atoms with Crippen LogP contribution in [-0.4, -0.2) is 36.2 Å². The summed E-state index contributed by atoms with van der Waals surface area (Å²) in [4.78, 5) is 11.5. The number of ether oxygens (including phenoxy) is 1. The monoisotopic (exact) mass is 258 g/mol. The number of aromatic nitrogens is 2. The van der Waals surface area contributed by atoms with Crippen LogP contribution in [0, 0.1) is 0 Å². The number of hydrogen-bond acceptors (Lipinski definition) is 5. The van der Waals surface area contributed by atoms with E-state index in [-0.39, 0.29) is 0 Å². The lowest BCUT2D eigenvalue weighted by atomic mass is 10.2. The maximum absolute atomic E-state index is 5.84. The zero-order valence-electron chi connectivity index (χ0n) is 11.0. The number of hydrogen-bond donors (Lipinski definition) is 1. The molecular formula is C14H18N4O. The average Bonchev–Trinajstić information content (AvgIpc) is 2.94. The fourth-order valence-electron chi connectivity index (χ4n) is 2.66. The van der Waals surface area contributed by atoms with Crippen LogP contribution in [0.25, 0.3) is 11.0 Å². The summed E-state index contributed by atoms with van der Waals surface area (Å²) in [5, 5.41) is 0. The van der Waals surface area contributed by atoms with Crippen molar-refractivity contribution in [1.29, 1.82) is 0 Å². The highest BCUT2D eigenvalue weighted by Gasteiger charge is 2.27. The van der Waals surface area contributed by atoms with E-state index in [2.05, 4.69) is 9.88 Å². The smallest absolute Gasteiger partial charge is 0.257 e. The van der Waals surface area contributed by atoms with Gasteiger partial charge in [0.05, 0.1) is 18.1 Å². The fourth-order valence-corrected chi connectivity index (χ4v) is 2.66. The molecule has 2 N–H and O–H groups in total. The summed E-state index contributed by atoms with van der Waals surface area (Å²) in [5.41, 5.74) is 7.58. The van der Waals surface area contributed by atoms with Gasteiger partial charge in [-0.15, -0.1) is 0 Å². The topological polar surface area (TPSA) is 64.3 Å². The summed E-state index contributed by atoms with van der Waals surface area (Å²) in [5.74, 6) is 1.40. The first-order chi connectivity index (χ1) is 9.33. The molecule has 2 heterocycles. The van der Waals surface area contributed by atoms with Crippen molar-refractivity contribution in [2.24, 2.45) is 5.73 Å². The molecule has 5 heteroatoms. The van der Waals surface area contributed by atoms with Crippen LogP contribution in [0.15, 0.2) is 24.3 Å². The lowest BCUT2D eigenvalue weighted by molar-refractivity contribution is 0.396. The Morgan fingerprint density at radius 2 is 2.05 bits per heavy atom. The predicted molar refractivity (Wildman–Crippen MR) is 75.5 cm³/mol. The minimum absolute atomic E-state index is 0.337. The van der Waals surface area contributed by atoms with Crippen molar-refractivity contribution < 1.29 is 4.74 Å². The number of anilines is 1. The van der Waals surface area contributed by atoms with E-state index >= 15 is 0 Å². The lowest BCUT2D eigenvalue weighted by Crippen LogP contribution is -2.36. The summed E-state index contributed by atoms with van der Waals surface area (Å²) in [7, 11) is 1.63. The van der Waals surface area contributed by atoms with Crippen LogP contribution in [0.5, 0.6) is 5.88 Å². The number of nitrogens with zero attached hydrogens (tertiary/aromatic N) is 3.